The minimum Gasteiger partial charge on any atom is -0.494 e. The Morgan fingerprint density at radius 1 is 1.56 bits per heavy atom. The summed E-state index contributed by atoms with van der Waals surface area (Å²) in [6.45, 7) is 8.76. The molecule has 1 rings (SSSR count). The van der Waals surface area contributed by atoms with Crippen molar-refractivity contribution >= 4 is 0 Å². The van der Waals surface area contributed by atoms with E-state index in [1.165, 1.54) is 5.57 Å². The van der Waals surface area contributed by atoms with E-state index in [2.05, 4.69) is 38.2 Å². The van der Waals surface area contributed by atoms with E-state index in [0.29, 0.717) is 12.0 Å². The normalized spacial score (nSPS) is 21.2. The van der Waals surface area contributed by atoms with E-state index in [9.17, 15) is 0 Å². The minimum atomic E-state index is 0.292. The summed E-state index contributed by atoms with van der Waals surface area (Å²) in [7, 11) is 0. The number of allylic oxidation sites excluding steroid dienone is 1. The zero-order chi connectivity index (χ0) is 11.8. The maximum atomic E-state index is 5.55. The fourth-order valence-electron chi connectivity index (χ4n) is 1.76. The van der Waals surface area contributed by atoms with E-state index in [-0.39, 0.29) is 0 Å². The Balaban J connectivity index is 2.33. The lowest BCUT2D eigenvalue weighted by atomic mass is 10.1. The second-order valence-corrected chi connectivity index (χ2v) is 4.83. The largest absolute Gasteiger partial charge is 0.494 e. The van der Waals surface area contributed by atoms with Crippen LogP contribution < -0.4 is 5.32 Å². The van der Waals surface area contributed by atoms with Crippen molar-refractivity contribution in [2.24, 2.45) is 5.92 Å². The van der Waals surface area contributed by atoms with Gasteiger partial charge in [-0.15, -0.1) is 0 Å². The van der Waals surface area contributed by atoms with Crippen molar-refractivity contribution in [2.75, 3.05) is 13.1 Å². The predicted octanol–water partition coefficient (Wildman–Crippen LogP) is 3.26. The first kappa shape index (κ1) is 13.3. The molecule has 1 unspecified atom stereocenters. The van der Waals surface area contributed by atoms with Crippen molar-refractivity contribution in [1.82, 2.24) is 5.32 Å². The lowest BCUT2D eigenvalue weighted by Gasteiger charge is -2.18. The van der Waals surface area contributed by atoms with E-state index in [4.69, 9.17) is 4.74 Å². The van der Waals surface area contributed by atoms with Crippen LogP contribution in [0.15, 0.2) is 24.0 Å². The van der Waals surface area contributed by atoms with Gasteiger partial charge in [-0.1, -0.05) is 26.3 Å². The van der Waals surface area contributed by atoms with Gasteiger partial charge in [0.05, 0.1) is 6.26 Å². The molecule has 16 heavy (non-hydrogen) atoms. The number of hydrogen-bond acceptors (Lipinski definition) is 2. The van der Waals surface area contributed by atoms with Crippen LogP contribution in [0.25, 0.3) is 0 Å². The second-order valence-electron chi connectivity index (χ2n) is 4.83. The Morgan fingerprint density at radius 2 is 2.38 bits per heavy atom. The molecule has 92 valence electrons. The molecule has 0 aliphatic carbocycles. The summed E-state index contributed by atoms with van der Waals surface area (Å²) in [5.74, 6) is 0.715. The Labute approximate surface area is 99.8 Å². The molecule has 1 aliphatic rings. The summed E-state index contributed by atoms with van der Waals surface area (Å²) in [4.78, 5) is 0. The van der Waals surface area contributed by atoms with Gasteiger partial charge in [-0.3, -0.25) is 0 Å². The molecule has 1 aliphatic heterocycles. The minimum absolute atomic E-state index is 0.292. The maximum Gasteiger partial charge on any atom is 0.117 e. The first-order chi connectivity index (χ1) is 7.72. The van der Waals surface area contributed by atoms with Crippen LogP contribution in [-0.4, -0.2) is 19.2 Å². The van der Waals surface area contributed by atoms with Gasteiger partial charge in [-0.2, -0.15) is 0 Å². The lowest BCUT2D eigenvalue weighted by Crippen LogP contribution is -2.23. The highest BCUT2D eigenvalue weighted by atomic mass is 16.5. The third-order valence-electron chi connectivity index (χ3n) is 2.75. The Hall–Kier alpha value is -0.760. The number of nitrogens with one attached hydrogen (secondary N) is 1. The fourth-order valence-corrected chi connectivity index (χ4v) is 1.76. The zero-order valence-electron chi connectivity index (χ0n) is 10.8. The summed E-state index contributed by atoms with van der Waals surface area (Å²) < 4.78 is 5.55. The van der Waals surface area contributed by atoms with Gasteiger partial charge in [0.15, 0.2) is 0 Å². The molecular formula is C14H25NO. The molecule has 0 radical (unpaired) electrons. The van der Waals surface area contributed by atoms with Crippen molar-refractivity contribution in [3.8, 4) is 0 Å². The van der Waals surface area contributed by atoms with Gasteiger partial charge in [0.2, 0.25) is 0 Å². The van der Waals surface area contributed by atoms with Crippen molar-refractivity contribution < 1.29 is 4.74 Å². The monoisotopic (exact) mass is 223 g/mol. The van der Waals surface area contributed by atoms with E-state index >= 15 is 0 Å². The topological polar surface area (TPSA) is 21.3 Å². The van der Waals surface area contributed by atoms with Crippen LogP contribution >= 0.6 is 0 Å². The molecule has 0 aromatic carbocycles. The van der Waals surface area contributed by atoms with Crippen LogP contribution in [0.3, 0.4) is 0 Å². The first-order valence-corrected chi connectivity index (χ1v) is 6.43. The van der Waals surface area contributed by atoms with E-state index in [0.717, 1.165) is 32.4 Å². The molecule has 0 aromatic heterocycles. The maximum absolute atomic E-state index is 5.55. The molecule has 0 saturated carbocycles. The Kier molecular flexibility index (Phi) is 6.24. The first-order valence-electron chi connectivity index (χ1n) is 6.43. The molecular weight excluding hydrogens is 198 g/mol. The summed E-state index contributed by atoms with van der Waals surface area (Å²) in [5, 5.41) is 3.48. The fraction of sp³-hybridized carbons (Fsp3) is 0.714. The lowest BCUT2D eigenvalue weighted by molar-refractivity contribution is 0.164. The molecule has 1 heterocycles. The standard InChI is InChI=1S/C14H25NO/c1-4-13(11-15-10-12(2)3)9-14-7-5-6-8-16-14/h6,8-9,12,14-15H,4-5,7,10-11H2,1-3H3. The van der Waals surface area contributed by atoms with Gasteiger partial charge < -0.3 is 10.1 Å². The number of ether oxygens (including phenoxy) is 1. The summed E-state index contributed by atoms with van der Waals surface area (Å²) in [5.41, 5.74) is 1.46. The average Bonchev–Trinajstić information content (AvgIpc) is 2.28. The molecule has 1 atom stereocenters. The molecule has 2 heteroatoms. The van der Waals surface area contributed by atoms with Gasteiger partial charge >= 0.3 is 0 Å². The van der Waals surface area contributed by atoms with E-state index < -0.39 is 0 Å². The summed E-state index contributed by atoms with van der Waals surface area (Å²) >= 11 is 0. The Morgan fingerprint density at radius 3 is 2.94 bits per heavy atom. The predicted molar refractivity (Wildman–Crippen MR) is 69.3 cm³/mol. The third kappa shape index (κ3) is 5.36. The van der Waals surface area contributed by atoms with Gasteiger partial charge in [0.25, 0.3) is 0 Å². The quantitative estimate of drug-likeness (QED) is 0.698. The molecule has 0 amide bonds. The highest BCUT2D eigenvalue weighted by Gasteiger charge is 2.08. The molecule has 0 spiro atoms. The Bertz CT molecular complexity index is 243. The molecule has 0 saturated heterocycles. The van der Waals surface area contributed by atoms with E-state index in [1.54, 1.807) is 0 Å². The summed E-state index contributed by atoms with van der Waals surface area (Å²) in [6.07, 6.45) is 9.86. The zero-order valence-corrected chi connectivity index (χ0v) is 10.8. The van der Waals surface area contributed by atoms with Gasteiger partial charge in [-0.05, 0) is 43.9 Å². The smallest absolute Gasteiger partial charge is 0.117 e. The van der Waals surface area contributed by atoms with Crippen LogP contribution in [0, 0.1) is 5.92 Å². The van der Waals surface area contributed by atoms with Crippen LogP contribution in [-0.2, 0) is 4.74 Å². The van der Waals surface area contributed by atoms with Crippen LogP contribution in [0.4, 0.5) is 0 Å². The number of hydrogen-bond donors (Lipinski definition) is 1. The summed E-state index contributed by atoms with van der Waals surface area (Å²) in [6, 6.07) is 0. The van der Waals surface area contributed by atoms with Gasteiger partial charge in [-0.25, -0.2) is 0 Å². The van der Waals surface area contributed by atoms with Crippen LogP contribution in [0.1, 0.15) is 40.0 Å². The van der Waals surface area contributed by atoms with Crippen LogP contribution in [0.5, 0.6) is 0 Å². The SMILES string of the molecule is CCC(=CC1CCC=CO1)CNCC(C)C. The van der Waals surface area contributed by atoms with Crippen molar-refractivity contribution in [3.05, 3.63) is 24.0 Å². The van der Waals surface area contributed by atoms with Crippen molar-refractivity contribution in [1.29, 1.82) is 0 Å². The van der Waals surface area contributed by atoms with Crippen molar-refractivity contribution in [2.45, 2.75) is 46.1 Å². The molecule has 0 aromatic rings. The van der Waals surface area contributed by atoms with Gasteiger partial charge in [0.1, 0.15) is 6.10 Å². The molecule has 0 bridgehead atoms. The average molecular weight is 223 g/mol. The van der Waals surface area contributed by atoms with Crippen molar-refractivity contribution in [3.63, 3.8) is 0 Å². The van der Waals surface area contributed by atoms with Gasteiger partial charge in [0, 0.05) is 6.54 Å². The molecule has 2 nitrogen and oxygen atoms in total. The number of rotatable bonds is 6. The highest BCUT2D eigenvalue weighted by Crippen LogP contribution is 2.14. The van der Waals surface area contributed by atoms with E-state index in [1.807, 2.05) is 6.26 Å². The molecule has 1 N–H and O–H groups in total. The molecule has 0 fully saturated rings. The third-order valence-corrected chi connectivity index (χ3v) is 2.75. The second kappa shape index (κ2) is 7.50. The van der Waals surface area contributed by atoms with Crippen LogP contribution in [0.2, 0.25) is 0 Å². The highest BCUT2D eigenvalue weighted by molar-refractivity contribution is 5.08.